The van der Waals surface area contributed by atoms with Crippen molar-refractivity contribution in [2.45, 2.75) is 13.3 Å². The van der Waals surface area contributed by atoms with Gasteiger partial charge >= 0.3 is 0 Å². The number of carbonyl (C=O) groups is 1. The van der Waals surface area contributed by atoms with Crippen LogP contribution in [0.15, 0.2) is 24.4 Å². The summed E-state index contributed by atoms with van der Waals surface area (Å²) in [5, 5.41) is 9.32. The van der Waals surface area contributed by atoms with E-state index < -0.39 is 10.0 Å². The molecule has 1 aromatic heterocycles. The number of nitrogens with one attached hydrogen (secondary N) is 2. The van der Waals surface area contributed by atoms with E-state index in [0.717, 1.165) is 11.1 Å². The van der Waals surface area contributed by atoms with Gasteiger partial charge in [-0.25, -0.2) is 8.42 Å². The Morgan fingerprint density at radius 3 is 2.82 bits per heavy atom. The molecule has 3 rings (SSSR count). The van der Waals surface area contributed by atoms with Gasteiger partial charge in [-0.1, -0.05) is 0 Å². The van der Waals surface area contributed by atoms with E-state index in [1.54, 1.807) is 24.4 Å². The van der Waals surface area contributed by atoms with Gasteiger partial charge in [-0.3, -0.25) is 14.2 Å². The Kier molecular flexibility index (Phi) is 3.40. The van der Waals surface area contributed by atoms with Crippen LogP contribution < -0.4 is 9.62 Å². The van der Waals surface area contributed by atoms with E-state index in [9.17, 15) is 13.2 Å². The zero-order valence-electron chi connectivity index (χ0n) is 12.3. The number of aryl methyl sites for hydroxylation is 1. The monoisotopic (exact) mass is 320 g/mol. The molecule has 0 bridgehead atoms. The minimum absolute atomic E-state index is 0.257. The smallest absolute Gasteiger partial charge is 0.256 e. The maximum Gasteiger partial charge on any atom is 0.256 e. The zero-order chi connectivity index (χ0) is 15.9. The van der Waals surface area contributed by atoms with Gasteiger partial charge in [0.05, 0.1) is 18.1 Å². The Morgan fingerprint density at radius 2 is 2.18 bits per heavy atom. The van der Waals surface area contributed by atoms with Crippen LogP contribution in [0.5, 0.6) is 0 Å². The number of anilines is 2. The highest BCUT2D eigenvalue weighted by Crippen LogP contribution is 2.30. The summed E-state index contributed by atoms with van der Waals surface area (Å²) in [6, 6.07) is 5.04. The highest BCUT2D eigenvalue weighted by molar-refractivity contribution is 7.92. The van der Waals surface area contributed by atoms with Crippen molar-refractivity contribution in [3.63, 3.8) is 0 Å². The number of nitrogens with zero attached hydrogens (tertiary/aromatic N) is 2. The third-order valence-corrected chi connectivity index (χ3v) is 4.84. The minimum atomic E-state index is -3.28. The standard InChI is InChI=1S/C14H16N4O3S/c1-9-8-15-17-13(9)16-14(19)11-3-4-12-10(7-11)5-6-18(12)22(2,20)21/h3-4,7-8H,5-6H2,1-2H3,(H2,15,16,17,19). The lowest BCUT2D eigenvalue weighted by Gasteiger charge is -2.16. The van der Waals surface area contributed by atoms with Crippen molar-refractivity contribution >= 4 is 27.4 Å². The molecule has 8 heteroatoms. The van der Waals surface area contributed by atoms with Gasteiger partial charge in [-0.05, 0) is 37.1 Å². The van der Waals surface area contributed by atoms with E-state index in [1.807, 2.05) is 6.92 Å². The topological polar surface area (TPSA) is 95.2 Å². The molecular weight excluding hydrogens is 304 g/mol. The van der Waals surface area contributed by atoms with Gasteiger partial charge in [0.25, 0.3) is 5.91 Å². The van der Waals surface area contributed by atoms with E-state index in [1.165, 1.54) is 10.6 Å². The van der Waals surface area contributed by atoms with Gasteiger partial charge in [0.2, 0.25) is 10.0 Å². The summed E-state index contributed by atoms with van der Waals surface area (Å²) in [7, 11) is -3.28. The van der Waals surface area contributed by atoms with Crippen LogP contribution in [-0.4, -0.2) is 37.3 Å². The summed E-state index contributed by atoms with van der Waals surface area (Å²) in [6.07, 6.45) is 3.42. The summed E-state index contributed by atoms with van der Waals surface area (Å²) >= 11 is 0. The number of sulfonamides is 1. The number of amides is 1. The lowest BCUT2D eigenvalue weighted by molar-refractivity contribution is 0.102. The molecule has 0 saturated carbocycles. The van der Waals surface area contributed by atoms with Crippen molar-refractivity contribution in [1.29, 1.82) is 0 Å². The Bertz CT molecular complexity index is 842. The van der Waals surface area contributed by atoms with Crippen LogP contribution in [0, 0.1) is 6.92 Å². The third kappa shape index (κ3) is 2.57. The Balaban J connectivity index is 1.86. The minimum Gasteiger partial charge on any atom is -0.307 e. The van der Waals surface area contributed by atoms with Crippen molar-refractivity contribution in [2.75, 3.05) is 22.4 Å². The van der Waals surface area contributed by atoms with Gasteiger partial charge in [-0.15, -0.1) is 0 Å². The van der Waals surface area contributed by atoms with Crippen LogP contribution in [0.4, 0.5) is 11.5 Å². The Morgan fingerprint density at radius 1 is 1.41 bits per heavy atom. The number of aromatic amines is 1. The van der Waals surface area contributed by atoms with Crippen LogP contribution in [0.3, 0.4) is 0 Å². The molecule has 0 fully saturated rings. The fourth-order valence-corrected chi connectivity index (χ4v) is 3.47. The molecule has 7 nitrogen and oxygen atoms in total. The average molecular weight is 320 g/mol. The van der Waals surface area contributed by atoms with Gasteiger partial charge in [0, 0.05) is 17.7 Å². The molecule has 2 aromatic rings. The molecule has 1 aliphatic rings. The van der Waals surface area contributed by atoms with Crippen LogP contribution in [0.2, 0.25) is 0 Å². The van der Waals surface area contributed by atoms with Crippen LogP contribution >= 0.6 is 0 Å². The quantitative estimate of drug-likeness (QED) is 0.891. The number of aromatic nitrogens is 2. The fourth-order valence-electron chi connectivity index (χ4n) is 2.52. The number of hydrogen-bond donors (Lipinski definition) is 2. The van der Waals surface area contributed by atoms with Crippen molar-refractivity contribution in [1.82, 2.24) is 10.2 Å². The fraction of sp³-hybridized carbons (Fsp3) is 0.286. The van der Waals surface area contributed by atoms with Gasteiger partial charge in [0.1, 0.15) is 5.82 Å². The molecule has 0 radical (unpaired) electrons. The maximum atomic E-state index is 12.3. The third-order valence-electron chi connectivity index (χ3n) is 3.66. The van der Waals surface area contributed by atoms with Gasteiger partial charge in [-0.2, -0.15) is 5.10 Å². The maximum absolute atomic E-state index is 12.3. The largest absolute Gasteiger partial charge is 0.307 e. The van der Waals surface area contributed by atoms with E-state index >= 15 is 0 Å². The molecule has 1 amide bonds. The molecule has 0 unspecified atom stereocenters. The first-order chi connectivity index (χ1) is 10.4. The number of carbonyl (C=O) groups excluding carboxylic acids is 1. The van der Waals surface area contributed by atoms with E-state index in [-0.39, 0.29) is 5.91 Å². The molecule has 2 N–H and O–H groups in total. The molecule has 22 heavy (non-hydrogen) atoms. The predicted octanol–water partition coefficient (Wildman–Crippen LogP) is 1.29. The number of rotatable bonds is 3. The van der Waals surface area contributed by atoms with E-state index in [0.29, 0.717) is 30.0 Å². The van der Waals surface area contributed by atoms with Crippen LogP contribution in [0.1, 0.15) is 21.5 Å². The van der Waals surface area contributed by atoms with Crippen molar-refractivity contribution < 1.29 is 13.2 Å². The van der Waals surface area contributed by atoms with E-state index in [4.69, 9.17) is 0 Å². The molecule has 0 spiro atoms. The SMILES string of the molecule is Cc1cn[nH]c1NC(=O)c1ccc2c(c1)CCN2S(C)(=O)=O. The number of fused-ring (bicyclic) bond motifs is 1. The summed E-state index contributed by atoms with van der Waals surface area (Å²) < 4.78 is 24.8. The molecule has 1 aromatic carbocycles. The van der Waals surface area contributed by atoms with Crippen molar-refractivity contribution in [3.8, 4) is 0 Å². The number of hydrogen-bond acceptors (Lipinski definition) is 4. The van der Waals surface area contributed by atoms with Gasteiger partial charge < -0.3 is 5.32 Å². The highest BCUT2D eigenvalue weighted by atomic mass is 32.2. The van der Waals surface area contributed by atoms with Crippen LogP contribution in [0.25, 0.3) is 0 Å². The molecule has 0 atom stereocenters. The summed E-state index contributed by atoms with van der Waals surface area (Å²) in [5.74, 6) is 0.302. The molecule has 0 saturated heterocycles. The number of benzene rings is 1. The predicted molar refractivity (Wildman–Crippen MR) is 83.6 cm³/mol. The summed E-state index contributed by atoms with van der Waals surface area (Å²) in [6.45, 7) is 2.25. The second-order valence-electron chi connectivity index (χ2n) is 5.31. The average Bonchev–Trinajstić information content (AvgIpc) is 3.04. The van der Waals surface area contributed by atoms with Gasteiger partial charge in [0.15, 0.2) is 0 Å². The second kappa shape index (κ2) is 5.13. The Labute approximate surface area is 128 Å². The summed E-state index contributed by atoms with van der Waals surface area (Å²) in [5.41, 5.74) is 2.84. The zero-order valence-corrected chi connectivity index (χ0v) is 13.1. The first-order valence-electron chi connectivity index (χ1n) is 6.78. The van der Waals surface area contributed by atoms with Crippen LogP contribution in [-0.2, 0) is 16.4 Å². The second-order valence-corrected chi connectivity index (χ2v) is 7.22. The normalized spacial score (nSPS) is 14.0. The van der Waals surface area contributed by atoms with Crippen molar-refractivity contribution in [3.05, 3.63) is 41.1 Å². The molecule has 1 aliphatic heterocycles. The molecular formula is C14H16N4O3S. The van der Waals surface area contributed by atoms with E-state index in [2.05, 4.69) is 15.5 Å². The molecule has 0 aliphatic carbocycles. The Hall–Kier alpha value is -2.35. The summed E-state index contributed by atoms with van der Waals surface area (Å²) in [4.78, 5) is 12.3. The first kappa shape index (κ1) is 14.6. The lowest BCUT2D eigenvalue weighted by Crippen LogP contribution is -2.27. The molecule has 2 heterocycles. The highest BCUT2D eigenvalue weighted by Gasteiger charge is 2.26. The van der Waals surface area contributed by atoms with Crippen molar-refractivity contribution in [2.24, 2.45) is 0 Å². The lowest BCUT2D eigenvalue weighted by atomic mass is 10.1. The first-order valence-corrected chi connectivity index (χ1v) is 8.63. The number of H-pyrrole nitrogens is 1. The molecule has 116 valence electrons.